The molecule has 0 unspecified atom stereocenters. The summed E-state index contributed by atoms with van der Waals surface area (Å²) in [5, 5.41) is 13.6. The minimum Gasteiger partial charge on any atom is -0.369 e. The zero-order valence-corrected chi connectivity index (χ0v) is 12.5. The number of nitrogens with zero attached hydrogens (tertiary/aromatic N) is 2. The molecule has 0 aliphatic heterocycles. The third-order valence-corrected chi connectivity index (χ3v) is 3.08. The second-order valence-corrected chi connectivity index (χ2v) is 4.90. The van der Waals surface area contributed by atoms with E-state index in [0.717, 1.165) is 19.4 Å². The van der Waals surface area contributed by atoms with Gasteiger partial charge in [-0.2, -0.15) is 0 Å². The van der Waals surface area contributed by atoms with Crippen molar-refractivity contribution in [2.75, 3.05) is 17.2 Å². The standard InChI is InChI=1S/C16H19FN4O/c1-2-3-10-18-14-8-9-15(21-20-14)19-16(22)11-12-6-4-5-7-13(12)17/h4-9H,2-3,10-11H2,1H3,(H,18,20)(H,19,21,22). The summed E-state index contributed by atoms with van der Waals surface area (Å²) in [7, 11) is 0. The highest BCUT2D eigenvalue weighted by Gasteiger charge is 2.08. The number of unbranched alkanes of at least 4 members (excludes halogenated alkanes) is 1. The van der Waals surface area contributed by atoms with Crippen molar-refractivity contribution in [1.29, 1.82) is 0 Å². The molecule has 2 N–H and O–H groups in total. The average molecular weight is 302 g/mol. The molecule has 1 heterocycles. The normalized spacial score (nSPS) is 10.3. The van der Waals surface area contributed by atoms with E-state index >= 15 is 0 Å². The van der Waals surface area contributed by atoms with Crippen LogP contribution in [0.4, 0.5) is 16.0 Å². The van der Waals surface area contributed by atoms with Gasteiger partial charge in [0.25, 0.3) is 0 Å². The van der Waals surface area contributed by atoms with E-state index < -0.39 is 0 Å². The molecule has 0 aliphatic carbocycles. The number of hydrogen-bond acceptors (Lipinski definition) is 4. The number of rotatable bonds is 7. The molecule has 5 nitrogen and oxygen atoms in total. The molecule has 0 aliphatic rings. The summed E-state index contributed by atoms with van der Waals surface area (Å²) in [5.74, 6) is 0.299. The molecule has 0 saturated heterocycles. The van der Waals surface area contributed by atoms with Crippen molar-refractivity contribution in [1.82, 2.24) is 10.2 Å². The number of halogens is 1. The summed E-state index contributed by atoms with van der Waals surface area (Å²) in [5.41, 5.74) is 0.353. The Morgan fingerprint density at radius 1 is 1.14 bits per heavy atom. The molecule has 0 fully saturated rings. The second kappa shape index (κ2) is 8.07. The van der Waals surface area contributed by atoms with Gasteiger partial charge in [-0.3, -0.25) is 4.79 Å². The smallest absolute Gasteiger partial charge is 0.230 e. The monoisotopic (exact) mass is 302 g/mol. The molecule has 1 aromatic carbocycles. The molecular formula is C16H19FN4O. The van der Waals surface area contributed by atoms with Gasteiger partial charge in [-0.15, -0.1) is 10.2 Å². The Balaban J connectivity index is 1.88. The van der Waals surface area contributed by atoms with Crippen LogP contribution in [0.5, 0.6) is 0 Å². The summed E-state index contributed by atoms with van der Waals surface area (Å²) in [6, 6.07) is 9.62. The molecule has 0 atom stereocenters. The van der Waals surface area contributed by atoms with Gasteiger partial charge in [0.1, 0.15) is 11.6 Å². The molecule has 1 amide bonds. The highest BCUT2D eigenvalue weighted by Crippen LogP contribution is 2.10. The summed E-state index contributed by atoms with van der Waals surface area (Å²) in [6.45, 7) is 2.95. The van der Waals surface area contributed by atoms with Crippen LogP contribution in [0.2, 0.25) is 0 Å². The van der Waals surface area contributed by atoms with Gasteiger partial charge >= 0.3 is 0 Å². The first-order chi connectivity index (χ1) is 10.7. The molecule has 1 aromatic heterocycles. The maximum Gasteiger partial charge on any atom is 0.230 e. The fourth-order valence-corrected chi connectivity index (χ4v) is 1.89. The number of aromatic nitrogens is 2. The maximum atomic E-state index is 13.5. The Bertz CT molecular complexity index is 616. The lowest BCUT2D eigenvalue weighted by molar-refractivity contribution is -0.115. The fraction of sp³-hybridized carbons (Fsp3) is 0.312. The van der Waals surface area contributed by atoms with Crippen molar-refractivity contribution in [3.63, 3.8) is 0 Å². The molecule has 22 heavy (non-hydrogen) atoms. The quantitative estimate of drug-likeness (QED) is 0.772. The molecule has 0 saturated carbocycles. The van der Waals surface area contributed by atoms with Gasteiger partial charge in [0.05, 0.1) is 6.42 Å². The Labute approximate surface area is 129 Å². The van der Waals surface area contributed by atoms with Crippen LogP contribution in [0.3, 0.4) is 0 Å². The van der Waals surface area contributed by atoms with Gasteiger partial charge in [0, 0.05) is 6.54 Å². The summed E-state index contributed by atoms with van der Waals surface area (Å²) in [4.78, 5) is 11.9. The van der Waals surface area contributed by atoms with Crippen molar-refractivity contribution < 1.29 is 9.18 Å². The van der Waals surface area contributed by atoms with Crippen LogP contribution in [0, 0.1) is 5.82 Å². The van der Waals surface area contributed by atoms with Crippen LogP contribution < -0.4 is 10.6 Å². The molecule has 2 aromatic rings. The lowest BCUT2D eigenvalue weighted by Gasteiger charge is -2.06. The first kappa shape index (κ1) is 15.9. The number of carbonyl (C=O) groups is 1. The predicted molar refractivity (Wildman–Crippen MR) is 84.2 cm³/mol. The second-order valence-electron chi connectivity index (χ2n) is 4.90. The van der Waals surface area contributed by atoms with Gasteiger partial charge in [0.2, 0.25) is 5.91 Å². The summed E-state index contributed by atoms with van der Waals surface area (Å²) in [6.07, 6.45) is 2.12. The van der Waals surface area contributed by atoms with E-state index in [1.54, 1.807) is 30.3 Å². The van der Waals surface area contributed by atoms with E-state index in [-0.39, 0.29) is 18.1 Å². The first-order valence-corrected chi connectivity index (χ1v) is 7.30. The van der Waals surface area contributed by atoms with Crippen molar-refractivity contribution >= 4 is 17.5 Å². The van der Waals surface area contributed by atoms with Crippen LogP contribution in [0.15, 0.2) is 36.4 Å². The van der Waals surface area contributed by atoms with Crippen LogP contribution in [0.1, 0.15) is 25.3 Å². The predicted octanol–water partition coefficient (Wildman–Crippen LogP) is 3.01. The van der Waals surface area contributed by atoms with Gasteiger partial charge in [-0.25, -0.2) is 4.39 Å². The number of nitrogens with one attached hydrogen (secondary N) is 2. The minimum absolute atomic E-state index is 0.0369. The summed E-state index contributed by atoms with van der Waals surface area (Å²) < 4.78 is 13.5. The van der Waals surface area contributed by atoms with Crippen molar-refractivity contribution in [3.8, 4) is 0 Å². The van der Waals surface area contributed by atoms with E-state index in [2.05, 4.69) is 27.8 Å². The highest BCUT2D eigenvalue weighted by atomic mass is 19.1. The average Bonchev–Trinajstić information content (AvgIpc) is 2.51. The number of anilines is 2. The third kappa shape index (κ3) is 4.80. The molecule has 0 radical (unpaired) electrons. The van der Waals surface area contributed by atoms with Crippen LogP contribution >= 0.6 is 0 Å². The number of benzene rings is 1. The SMILES string of the molecule is CCCCNc1ccc(NC(=O)Cc2ccccc2F)nn1. The topological polar surface area (TPSA) is 66.9 Å². The molecule has 0 spiro atoms. The maximum absolute atomic E-state index is 13.5. The van der Waals surface area contributed by atoms with Gasteiger partial charge in [-0.1, -0.05) is 31.5 Å². The zero-order chi connectivity index (χ0) is 15.8. The lowest BCUT2D eigenvalue weighted by Crippen LogP contribution is -2.16. The fourth-order valence-electron chi connectivity index (χ4n) is 1.89. The molecular weight excluding hydrogens is 283 g/mol. The molecule has 116 valence electrons. The van der Waals surface area contributed by atoms with E-state index in [1.807, 2.05) is 0 Å². The van der Waals surface area contributed by atoms with E-state index in [4.69, 9.17) is 0 Å². The van der Waals surface area contributed by atoms with Crippen molar-refractivity contribution in [3.05, 3.63) is 47.8 Å². The third-order valence-electron chi connectivity index (χ3n) is 3.08. The number of amides is 1. The van der Waals surface area contributed by atoms with Crippen LogP contribution in [-0.4, -0.2) is 22.6 Å². The first-order valence-electron chi connectivity index (χ1n) is 7.30. The van der Waals surface area contributed by atoms with Gasteiger partial charge in [0.15, 0.2) is 5.82 Å². The Hall–Kier alpha value is -2.50. The largest absolute Gasteiger partial charge is 0.369 e. The van der Waals surface area contributed by atoms with E-state index in [9.17, 15) is 9.18 Å². The van der Waals surface area contributed by atoms with Crippen LogP contribution in [0.25, 0.3) is 0 Å². The number of carbonyl (C=O) groups excluding carboxylic acids is 1. The Morgan fingerprint density at radius 3 is 2.55 bits per heavy atom. The van der Waals surface area contributed by atoms with E-state index in [0.29, 0.717) is 17.2 Å². The zero-order valence-electron chi connectivity index (χ0n) is 12.5. The van der Waals surface area contributed by atoms with Crippen LogP contribution in [-0.2, 0) is 11.2 Å². The Kier molecular flexibility index (Phi) is 5.82. The van der Waals surface area contributed by atoms with E-state index in [1.165, 1.54) is 6.07 Å². The lowest BCUT2D eigenvalue weighted by atomic mass is 10.1. The highest BCUT2D eigenvalue weighted by molar-refractivity contribution is 5.91. The van der Waals surface area contributed by atoms with Gasteiger partial charge in [-0.05, 0) is 30.2 Å². The molecule has 6 heteroatoms. The molecule has 2 rings (SSSR count). The minimum atomic E-state index is -0.390. The van der Waals surface area contributed by atoms with Crippen molar-refractivity contribution in [2.24, 2.45) is 0 Å². The molecule has 0 bridgehead atoms. The van der Waals surface area contributed by atoms with Gasteiger partial charge < -0.3 is 10.6 Å². The summed E-state index contributed by atoms with van der Waals surface area (Å²) >= 11 is 0. The number of hydrogen-bond donors (Lipinski definition) is 2. The Morgan fingerprint density at radius 2 is 1.86 bits per heavy atom. The van der Waals surface area contributed by atoms with Crippen molar-refractivity contribution in [2.45, 2.75) is 26.2 Å².